The molecule has 0 saturated carbocycles. The molecule has 2 rings (SSSR count). The summed E-state index contributed by atoms with van der Waals surface area (Å²) in [6, 6.07) is 18.0. The average Bonchev–Trinajstić information content (AvgIpc) is 2.39. The second-order valence-corrected chi connectivity index (χ2v) is 4.97. The second-order valence-electron chi connectivity index (χ2n) is 4.97. The van der Waals surface area contributed by atoms with Gasteiger partial charge in [-0.05, 0) is 23.1 Å². The van der Waals surface area contributed by atoms with Gasteiger partial charge in [-0.15, -0.1) is 0 Å². The van der Waals surface area contributed by atoms with Crippen LogP contribution in [0.4, 0.5) is 0 Å². The van der Waals surface area contributed by atoms with Crippen molar-refractivity contribution in [3.05, 3.63) is 60.2 Å². The van der Waals surface area contributed by atoms with Crippen LogP contribution < -0.4 is 0 Å². The van der Waals surface area contributed by atoms with E-state index in [2.05, 4.69) is 26.0 Å². The highest BCUT2D eigenvalue weighted by Crippen LogP contribution is 2.21. The van der Waals surface area contributed by atoms with Gasteiger partial charge in [-0.1, -0.05) is 62.4 Å². The first-order valence-electron chi connectivity index (χ1n) is 6.35. The van der Waals surface area contributed by atoms with E-state index in [-0.39, 0.29) is 5.78 Å². The molecule has 0 bridgehead atoms. The molecule has 0 aliphatic heterocycles. The van der Waals surface area contributed by atoms with Crippen molar-refractivity contribution in [1.82, 2.24) is 0 Å². The fourth-order valence-corrected chi connectivity index (χ4v) is 1.99. The highest BCUT2D eigenvalue weighted by atomic mass is 16.1. The molecule has 1 heteroatoms. The zero-order valence-electron chi connectivity index (χ0n) is 10.9. The fraction of sp³-hybridized carbons (Fsp3) is 0.235. The smallest absolute Gasteiger partial charge is 0.163 e. The number of ketones is 1. The number of rotatable bonds is 4. The third-order valence-electron chi connectivity index (χ3n) is 2.89. The molecule has 0 aromatic heterocycles. The molecule has 2 aromatic rings. The van der Waals surface area contributed by atoms with Gasteiger partial charge in [0.25, 0.3) is 0 Å². The molecule has 0 aliphatic carbocycles. The van der Waals surface area contributed by atoms with Crippen LogP contribution in [0.1, 0.15) is 30.6 Å². The third-order valence-corrected chi connectivity index (χ3v) is 2.89. The van der Waals surface area contributed by atoms with Crippen LogP contribution in [0.25, 0.3) is 11.1 Å². The van der Waals surface area contributed by atoms with Crippen LogP contribution in [0.15, 0.2) is 54.6 Å². The summed E-state index contributed by atoms with van der Waals surface area (Å²) in [4.78, 5) is 12.0. The predicted octanol–water partition coefficient (Wildman–Crippen LogP) is 4.58. The molecule has 0 heterocycles. The lowest BCUT2D eigenvalue weighted by Crippen LogP contribution is -2.03. The summed E-state index contributed by atoms with van der Waals surface area (Å²) < 4.78 is 0. The van der Waals surface area contributed by atoms with Crippen LogP contribution in [-0.4, -0.2) is 5.78 Å². The van der Waals surface area contributed by atoms with E-state index < -0.39 is 0 Å². The zero-order chi connectivity index (χ0) is 13.0. The molecule has 18 heavy (non-hydrogen) atoms. The number of hydrogen-bond donors (Lipinski definition) is 0. The quantitative estimate of drug-likeness (QED) is 0.712. The Morgan fingerprint density at radius 2 is 1.61 bits per heavy atom. The van der Waals surface area contributed by atoms with E-state index >= 15 is 0 Å². The normalized spacial score (nSPS) is 10.6. The maximum atomic E-state index is 12.0. The highest BCUT2D eigenvalue weighted by Gasteiger charge is 2.09. The van der Waals surface area contributed by atoms with Crippen LogP contribution in [0.3, 0.4) is 0 Å². The van der Waals surface area contributed by atoms with Crippen LogP contribution in [0.5, 0.6) is 0 Å². The van der Waals surface area contributed by atoms with Gasteiger partial charge in [-0.3, -0.25) is 4.79 Å². The molecule has 0 amide bonds. The Labute approximate surface area is 108 Å². The largest absolute Gasteiger partial charge is 0.294 e. The summed E-state index contributed by atoms with van der Waals surface area (Å²) >= 11 is 0. The number of Topliss-reactive ketones (excluding diaryl/α,β-unsaturated/α-hetero) is 1. The van der Waals surface area contributed by atoms with Gasteiger partial charge in [-0.2, -0.15) is 0 Å². The molecule has 0 N–H and O–H groups in total. The summed E-state index contributed by atoms with van der Waals surface area (Å²) in [7, 11) is 0. The molecule has 0 radical (unpaired) electrons. The highest BCUT2D eigenvalue weighted by molar-refractivity contribution is 5.97. The lowest BCUT2D eigenvalue weighted by atomic mass is 9.97. The summed E-state index contributed by atoms with van der Waals surface area (Å²) in [5.74, 6) is 0.626. The van der Waals surface area contributed by atoms with Gasteiger partial charge < -0.3 is 0 Å². The van der Waals surface area contributed by atoms with Gasteiger partial charge in [0.2, 0.25) is 0 Å². The maximum Gasteiger partial charge on any atom is 0.163 e. The number of carbonyl (C=O) groups is 1. The Hall–Kier alpha value is -1.89. The van der Waals surface area contributed by atoms with Gasteiger partial charge in [0.15, 0.2) is 5.78 Å². The van der Waals surface area contributed by atoms with E-state index in [4.69, 9.17) is 0 Å². The summed E-state index contributed by atoms with van der Waals surface area (Å²) in [5.41, 5.74) is 3.06. The van der Waals surface area contributed by atoms with E-state index in [1.54, 1.807) is 0 Å². The monoisotopic (exact) mass is 238 g/mol. The molecule has 0 aliphatic rings. The molecule has 2 aromatic carbocycles. The van der Waals surface area contributed by atoms with Gasteiger partial charge in [-0.25, -0.2) is 0 Å². The second kappa shape index (κ2) is 5.63. The van der Waals surface area contributed by atoms with Crippen LogP contribution in [-0.2, 0) is 0 Å². The predicted molar refractivity (Wildman–Crippen MR) is 75.7 cm³/mol. The third kappa shape index (κ3) is 3.07. The standard InChI is InChI=1S/C17H18O/c1-13(2)11-17(18)16-10-6-9-15(12-16)14-7-4-3-5-8-14/h3-10,12-13H,11H2,1-2H3. The molecule has 1 nitrogen and oxygen atoms in total. The molecule has 0 saturated heterocycles. The van der Waals surface area contributed by atoms with Gasteiger partial charge in [0.1, 0.15) is 0 Å². The van der Waals surface area contributed by atoms with Crippen LogP contribution >= 0.6 is 0 Å². The zero-order valence-corrected chi connectivity index (χ0v) is 10.9. The minimum Gasteiger partial charge on any atom is -0.294 e. The summed E-state index contributed by atoms with van der Waals surface area (Å²) in [6.07, 6.45) is 0.609. The van der Waals surface area contributed by atoms with Crippen molar-refractivity contribution in [2.24, 2.45) is 5.92 Å². The van der Waals surface area contributed by atoms with E-state index in [1.807, 2.05) is 42.5 Å². The molecule has 0 spiro atoms. The summed E-state index contributed by atoms with van der Waals surface area (Å²) in [5, 5.41) is 0. The Balaban J connectivity index is 2.28. The molecule has 0 atom stereocenters. The van der Waals surface area contributed by atoms with Crippen molar-refractivity contribution >= 4 is 5.78 Å². The van der Waals surface area contributed by atoms with Gasteiger partial charge in [0.05, 0.1) is 0 Å². The fourth-order valence-electron chi connectivity index (χ4n) is 1.99. The Morgan fingerprint density at radius 3 is 2.28 bits per heavy atom. The van der Waals surface area contributed by atoms with E-state index in [0.717, 1.165) is 16.7 Å². The minimum absolute atomic E-state index is 0.225. The molecule has 0 unspecified atom stereocenters. The van der Waals surface area contributed by atoms with Crippen molar-refractivity contribution < 1.29 is 4.79 Å². The molecular weight excluding hydrogens is 220 g/mol. The molecule has 0 fully saturated rings. The molecular formula is C17H18O. The van der Waals surface area contributed by atoms with Crippen molar-refractivity contribution in [3.63, 3.8) is 0 Å². The lowest BCUT2D eigenvalue weighted by molar-refractivity contribution is 0.0968. The van der Waals surface area contributed by atoms with Crippen molar-refractivity contribution in [2.45, 2.75) is 20.3 Å². The number of benzene rings is 2. The Kier molecular flexibility index (Phi) is 3.93. The van der Waals surface area contributed by atoms with E-state index in [0.29, 0.717) is 12.3 Å². The van der Waals surface area contributed by atoms with Gasteiger partial charge in [0, 0.05) is 12.0 Å². The number of hydrogen-bond acceptors (Lipinski definition) is 1. The molecule has 92 valence electrons. The first-order chi connectivity index (χ1) is 8.66. The van der Waals surface area contributed by atoms with E-state index in [9.17, 15) is 4.79 Å². The van der Waals surface area contributed by atoms with Gasteiger partial charge >= 0.3 is 0 Å². The number of carbonyl (C=O) groups excluding carboxylic acids is 1. The Bertz CT molecular complexity index is 526. The average molecular weight is 238 g/mol. The van der Waals surface area contributed by atoms with Crippen molar-refractivity contribution in [1.29, 1.82) is 0 Å². The first kappa shape index (κ1) is 12.6. The SMILES string of the molecule is CC(C)CC(=O)c1cccc(-c2ccccc2)c1. The van der Waals surface area contributed by atoms with E-state index in [1.165, 1.54) is 0 Å². The van der Waals surface area contributed by atoms with Crippen molar-refractivity contribution in [2.75, 3.05) is 0 Å². The first-order valence-corrected chi connectivity index (χ1v) is 6.35. The topological polar surface area (TPSA) is 17.1 Å². The van der Waals surface area contributed by atoms with Crippen molar-refractivity contribution in [3.8, 4) is 11.1 Å². The summed E-state index contributed by atoms with van der Waals surface area (Å²) in [6.45, 7) is 4.14. The maximum absolute atomic E-state index is 12.0. The lowest BCUT2D eigenvalue weighted by Gasteiger charge is -2.06. The Morgan fingerprint density at radius 1 is 0.944 bits per heavy atom. The van der Waals surface area contributed by atoms with Crippen LogP contribution in [0.2, 0.25) is 0 Å². The van der Waals surface area contributed by atoms with Crippen LogP contribution in [0, 0.1) is 5.92 Å². The minimum atomic E-state index is 0.225.